The predicted molar refractivity (Wildman–Crippen MR) is 76.1 cm³/mol. The molecule has 98 valence electrons. The first-order valence-corrected chi connectivity index (χ1v) is 7.22. The van der Waals surface area contributed by atoms with E-state index in [0.29, 0.717) is 6.04 Å². The molecule has 2 aromatic rings. The molecule has 1 saturated carbocycles. The molecule has 0 spiro atoms. The van der Waals surface area contributed by atoms with Gasteiger partial charge < -0.3 is 5.32 Å². The average Bonchev–Trinajstić information content (AvgIpc) is 2.99. The number of aromatic nitrogens is 2. The number of aromatic amines is 1. The Labute approximate surface area is 113 Å². The molecule has 0 aliphatic heterocycles. The Morgan fingerprint density at radius 3 is 2.32 bits per heavy atom. The topological polar surface area (TPSA) is 40.7 Å². The van der Waals surface area contributed by atoms with E-state index in [-0.39, 0.29) is 0 Å². The second-order valence-electron chi connectivity index (χ2n) is 5.93. The van der Waals surface area contributed by atoms with Crippen LogP contribution in [0, 0.1) is 11.8 Å². The van der Waals surface area contributed by atoms with Crippen LogP contribution in [0.4, 0.5) is 5.69 Å². The van der Waals surface area contributed by atoms with E-state index in [0.717, 1.165) is 17.5 Å². The number of nitrogens with one attached hydrogen (secondary N) is 2. The zero-order valence-electron chi connectivity index (χ0n) is 11.0. The maximum Gasteiger partial charge on any atom is 0.0726 e. The number of H-pyrrole nitrogens is 1. The molecule has 2 aliphatic rings. The molecule has 3 heteroatoms. The van der Waals surface area contributed by atoms with Gasteiger partial charge >= 0.3 is 0 Å². The highest BCUT2D eigenvalue weighted by Crippen LogP contribution is 2.41. The van der Waals surface area contributed by atoms with E-state index >= 15 is 0 Å². The Hall–Kier alpha value is -1.77. The minimum Gasteiger partial charge on any atom is -0.379 e. The highest BCUT2D eigenvalue weighted by molar-refractivity contribution is 5.41. The standard InChI is InChI=1S/C16H19N3/c1-2-4-12-8-14-6-5-13(7-11(12)3-1)16(14)19-15-9-17-18-10-15/h1-4,9-10,13-14,16,19H,5-8H2,(H,17,18). The van der Waals surface area contributed by atoms with Crippen molar-refractivity contribution in [3.63, 3.8) is 0 Å². The van der Waals surface area contributed by atoms with Gasteiger partial charge in [-0.1, -0.05) is 24.3 Å². The number of fused-ring (bicyclic) bond motifs is 3. The van der Waals surface area contributed by atoms with Crippen LogP contribution in [0.25, 0.3) is 0 Å². The van der Waals surface area contributed by atoms with E-state index in [1.807, 2.05) is 12.4 Å². The van der Waals surface area contributed by atoms with Crippen molar-refractivity contribution in [3.05, 3.63) is 47.8 Å². The molecule has 1 aromatic carbocycles. The third-order valence-corrected chi connectivity index (χ3v) is 4.84. The SMILES string of the molecule is c1ccc2c(c1)CC1CCC(C2)C1Nc1cn[nH]c1. The van der Waals surface area contributed by atoms with Crippen molar-refractivity contribution < 1.29 is 0 Å². The van der Waals surface area contributed by atoms with Crippen LogP contribution in [-0.2, 0) is 12.8 Å². The smallest absolute Gasteiger partial charge is 0.0726 e. The van der Waals surface area contributed by atoms with Crippen molar-refractivity contribution in [2.75, 3.05) is 5.32 Å². The molecule has 2 bridgehead atoms. The summed E-state index contributed by atoms with van der Waals surface area (Å²) in [5.41, 5.74) is 4.26. The molecule has 1 fully saturated rings. The summed E-state index contributed by atoms with van der Waals surface area (Å²) in [5.74, 6) is 1.53. The largest absolute Gasteiger partial charge is 0.379 e. The van der Waals surface area contributed by atoms with Gasteiger partial charge in [0.1, 0.15) is 0 Å². The number of hydrogen-bond acceptors (Lipinski definition) is 2. The van der Waals surface area contributed by atoms with Gasteiger partial charge in [0, 0.05) is 12.2 Å². The third-order valence-electron chi connectivity index (χ3n) is 4.84. The van der Waals surface area contributed by atoms with Crippen LogP contribution in [-0.4, -0.2) is 16.2 Å². The molecule has 2 unspecified atom stereocenters. The van der Waals surface area contributed by atoms with Crippen LogP contribution in [0.3, 0.4) is 0 Å². The highest BCUT2D eigenvalue weighted by Gasteiger charge is 2.38. The summed E-state index contributed by atoms with van der Waals surface area (Å²) in [5, 5.41) is 10.6. The normalized spacial score (nSPS) is 28.7. The lowest BCUT2D eigenvalue weighted by Crippen LogP contribution is -2.30. The van der Waals surface area contributed by atoms with Crippen molar-refractivity contribution in [1.29, 1.82) is 0 Å². The van der Waals surface area contributed by atoms with Gasteiger partial charge in [-0.15, -0.1) is 0 Å². The quantitative estimate of drug-likeness (QED) is 0.863. The maximum atomic E-state index is 4.03. The molecule has 2 atom stereocenters. The lowest BCUT2D eigenvalue weighted by Gasteiger charge is -2.23. The van der Waals surface area contributed by atoms with Crippen molar-refractivity contribution in [2.24, 2.45) is 11.8 Å². The Balaban J connectivity index is 1.62. The Morgan fingerprint density at radius 2 is 1.74 bits per heavy atom. The van der Waals surface area contributed by atoms with Gasteiger partial charge in [-0.25, -0.2) is 0 Å². The summed E-state index contributed by atoms with van der Waals surface area (Å²) in [6.45, 7) is 0. The first-order valence-electron chi connectivity index (χ1n) is 7.22. The van der Waals surface area contributed by atoms with Gasteiger partial charge in [0.2, 0.25) is 0 Å². The zero-order chi connectivity index (χ0) is 12.7. The summed E-state index contributed by atoms with van der Waals surface area (Å²) >= 11 is 0. The minimum absolute atomic E-state index is 0.602. The van der Waals surface area contributed by atoms with Crippen LogP contribution in [0.2, 0.25) is 0 Å². The second-order valence-corrected chi connectivity index (χ2v) is 5.93. The fourth-order valence-corrected chi connectivity index (χ4v) is 3.91. The Kier molecular flexibility index (Phi) is 2.57. The molecular formula is C16H19N3. The van der Waals surface area contributed by atoms with Crippen molar-refractivity contribution in [3.8, 4) is 0 Å². The van der Waals surface area contributed by atoms with E-state index in [4.69, 9.17) is 0 Å². The van der Waals surface area contributed by atoms with E-state index in [9.17, 15) is 0 Å². The van der Waals surface area contributed by atoms with Crippen LogP contribution in [0.5, 0.6) is 0 Å². The molecule has 1 heterocycles. The van der Waals surface area contributed by atoms with Crippen molar-refractivity contribution in [1.82, 2.24) is 10.2 Å². The van der Waals surface area contributed by atoms with Crippen LogP contribution < -0.4 is 5.32 Å². The molecule has 2 aliphatic carbocycles. The Morgan fingerprint density at radius 1 is 1.05 bits per heavy atom. The summed E-state index contributed by atoms with van der Waals surface area (Å²) in [6, 6.07) is 9.58. The van der Waals surface area contributed by atoms with Crippen LogP contribution in [0.1, 0.15) is 24.0 Å². The van der Waals surface area contributed by atoms with E-state index in [2.05, 4.69) is 39.8 Å². The molecule has 3 nitrogen and oxygen atoms in total. The summed E-state index contributed by atoms with van der Waals surface area (Å²) in [7, 11) is 0. The molecule has 1 aromatic heterocycles. The summed E-state index contributed by atoms with van der Waals surface area (Å²) in [6.07, 6.45) is 9.00. The highest BCUT2D eigenvalue weighted by atomic mass is 15.1. The molecule has 0 saturated heterocycles. The van der Waals surface area contributed by atoms with E-state index in [1.54, 1.807) is 11.1 Å². The lowest BCUT2D eigenvalue weighted by atomic mass is 9.94. The third kappa shape index (κ3) is 1.93. The average molecular weight is 253 g/mol. The van der Waals surface area contributed by atoms with E-state index < -0.39 is 0 Å². The Bertz CT molecular complexity index is 528. The number of hydrogen-bond donors (Lipinski definition) is 2. The van der Waals surface area contributed by atoms with Crippen LogP contribution >= 0.6 is 0 Å². The van der Waals surface area contributed by atoms with Gasteiger partial charge in [-0.3, -0.25) is 5.10 Å². The van der Waals surface area contributed by atoms with Gasteiger partial charge in [-0.05, 0) is 48.6 Å². The lowest BCUT2D eigenvalue weighted by molar-refractivity contribution is 0.450. The van der Waals surface area contributed by atoms with Gasteiger partial charge in [-0.2, -0.15) is 5.10 Å². The number of benzene rings is 1. The van der Waals surface area contributed by atoms with Gasteiger partial charge in [0.25, 0.3) is 0 Å². The molecule has 0 radical (unpaired) electrons. The van der Waals surface area contributed by atoms with Gasteiger partial charge in [0.15, 0.2) is 0 Å². The predicted octanol–water partition coefficient (Wildman–Crippen LogP) is 3.02. The number of rotatable bonds is 2. The molecule has 4 rings (SSSR count). The minimum atomic E-state index is 0.602. The fraction of sp³-hybridized carbons (Fsp3) is 0.438. The van der Waals surface area contributed by atoms with Crippen LogP contribution in [0.15, 0.2) is 36.7 Å². The first kappa shape index (κ1) is 11.1. The molecule has 19 heavy (non-hydrogen) atoms. The number of nitrogens with zero attached hydrogens (tertiary/aromatic N) is 1. The maximum absolute atomic E-state index is 4.03. The molecule has 0 amide bonds. The summed E-state index contributed by atoms with van der Waals surface area (Å²) in [4.78, 5) is 0. The first-order chi connectivity index (χ1) is 9.40. The van der Waals surface area contributed by atoms with Crippen molar-refractivity contribution in [2.45, 2.75) is 31.7 Å². The summed E-state index contributed by atoms with van der Waals surface area (Å²) < 4.78 is 0. The monoisotopic (exact) mass is 253 g/mol. The molecular weight excluding hydrogens is 234 g/mol. The fourth-order valence-electron chi connectivity index (χ4n) is 3.91. The second kappa shape index (κ2) is 4.41. The van der Waals surface area contributed by atoms with Crippen molar-refractivity contribution >= 4 is 5.69 Å². The van der Waals surface area contributed by atoms with E-state index in [1.165, 1.54) is 25.7 Å². The zero-order valence-corrected chi connectivity index (χ0v) is 11.0. The van der Waals surface area contributed by atoms with Gasteiger partial charge in [0.05, 0.1) is 11.9 Å². The molecule has 2 N–H and O–H groups in total. The number of anilines is 1.